The Bertz CT molecular complexity index is 619. The minimum Gasteiger partial charge on any atom is -0.340 e. The first kappa shape index (κ1) is 15.8. The molecular weight excluding hydrogens is 284 g/mol. The molecule has 1 aliphatic rings. The first-order chi connectivity index (χ1) is 11.2. The van der Waals surface area contributed by atoms with Gasteiger partial charge in [-0.1, -0.05) is 60.7 Å². The topological polar surface area (TPSA) is 23.6 Å². The van der Waals surface area contributed by atoms with Gasteiger partial charge in [-0.3, -0.25) is 4.79 Å². The number of piperazine rings is 1. The van der Waals surface area contributed by atoms with Crippen molar-refractivity contribution in [2.75, 3.05) is 33.2 Å². The molecule has 1 atom stereocenters. The summed E-state index contributed by atoms with van der Waals surface area (Å²) in [5, 5.41) is 0. The van der Waals surface area contributed by atoms with E-state index in [4.69, 9.17) is 0 Å². The van der Waals surface area contributed by atoms with Crippen LogP contribution in [-0.4, -0.2) is 48.9 Å². The summed E-state index contributed by atoms with van der Waals surface area (Å²) in [6.07, 6.45) is 0.760. The molecule has 0 unspecified atom stereocenters. The third kappa shape index (κ3) is 3.99. The summed E-state index contributed by atoms with van der Waals surface area (Å²) in [7, 11) is 2.11. The molecule has 3 rings (SSSR count). The second kappa shape index (κ2) is 7.42. The standard InChI is InChI=1S/C20H24N2O/c1-21-12-14-22(15-13-21)20(23)19(18-10-6-3-7-11-18)16-17-8-4-2-5-9-17/h2-11,19H,12-16H2,1H3/t19-/m1/s1. The predicted octanol–water partition coefficient (Wildman–Crippen LogP) is 2.79. The molecule has 3 heteroatoms. The number of amides is 1. The van der Waals surface area contributed by atoms with Crippen molar-refractivity contribution < 1.29 is 4.79 Å². The fourth-order valence-corrected chi connectivity index (χ4v) is 3.13. The molecule has 2 aromatic rings. The largest absolute Gasteiger partial charge is 0.340 e. The van der Waals surface area contributed by atoms with E-state index in [-0.39, 0.29) is 11.8 Å². The van der Waals surface area contributed by atoms with Crippen LogP contribution in [0.3, 0.4) is 0 Å². The molecule has 0 N–H and O–H groups in total. The van der Waals surface area contributed by atoms with Crippen LogP contribution >= 0.6 is 0 Å². The van der Waals surface area contributed by atoms with Gasteiger partial charge in [0, 0.05) is 26.2 Å². The molecule has 0 saturated carbocycles. The van der Waals surface area contributed by atoms with Crippen molar-refractivity contribution in [3.63, 3.8) is 0 Å². The molecular formula is C20H24N2O. The van der Waals surface area contributed by atoms with Gasteiger partial charge in [0.25, 0.3) is 0 Å². The Hall–Kier alpha value is -2.13. The number of likely N-dealkylation sites (N-methyl/N-ethyl adjacent to an activating group) is 1. The third-order valence-corrected chi connectivity index (χ3v) is 4.60. The van der Waals surface area contributed by atoms with Crippen molar-refractivity contribution in [2.45, 2.75) is 12.3 Å². The maximum atomic E-state index is 13.1. The molecule has 1 amide bonds. The molecule has 120 valence electrons. The van der Waals surface area contributed by atoms with Crippen LogP contribution in [0.1, 0.15) is 17.0 Å². The van der Waals surface area contributed by atoms with Crippen LogP contribution in [0, 0.1) is 0 Å². The first-order valence-electron chi connectivity index (χ1n) is 8.30. The monoisotopic (exact) mass is 308 g/mol. The smallest absolute Gasteiger partial charge is 0.230 e. The summed E-state index contributed by atoms with van der Waals surface area (Å²) in [6.45, 7) is 3.57. The lowest BCUT2D eigenvalue weighted by molar-refractivity contribution is -0.134. The van der Waals surface area contributed by atoms with E-state index in [1.165, 1.54) is 5.56 Å². The molecule has 3 nitrogen and oxygen atoms in total. The van der Waals surface area contributed by atoms with Crippen molar-refractivity contribution >= 4 is 5.91 Å². The van der Waals surface area contributed by atoms with Crippen LogP contribution < -0.4 is 0 Å². The Morgan fingerprint density at radius 1 is 0.913 bits per heavy atom. The maximum absolute atomic E-state index is 13.1. The highest BCUT2D eigenvalue weighted by Crippen LogP contribution is 2.24. The Morgan fingerprint density at radius 2 is 1.48 bits per heavy atom. The molecule has 0 aromatic heterocycles. The van der Waals surface area contributed by atoms with E-state index in [0.29, 0.717) is 0 Å². The molecule has 0 bridgehead atoms. The zero-order valence-electron chi connectivity index (χ0n) is 13.7. The zero-order chi connectivity index (χ0) is 16.1. The molecule has 23 heavy (non-hydrogen) atoms. The minimum absolute atomic E-state index is 0.0954. The quantitative estimate of drug-likeness (QED) is 0.867. The second-order valence-corrected chi connectivity index (χ2v) is 6.28. The van der Waals surface area contributed by atoms with Gasteiger partial charge >= 0.3 is 0 Å². The van der Waals surface area contributed by atoms with Gasteiger partial charge in [0.2, 0.25) is 5.91 Å². The highest BCUT2D eigenvalue weighted by molar-refractivity contribution is 5.84. The Balaban J connectivity index is 1.81. The number of rotatable bonds is 4. The van der Waals surface area contributed by atoms with E-state index in [1.807, 2.05) is 41.3 Å². The third-order valence-electron chi connectivity index (χ3n) is 4.60. The molecule has 1 fully saturated rings. The van der Waals surface area contributed by atoms with Crippen molar-refractivity contribution in [1.82, 2.24) is 9.80 Å². The van der Waals surface area contributed by atoms with Crippen LogP contribution in [0.15, 0.2) is 60.7 Å². The molecule has 2 aromatic carbocycles. The van der Waals surface area contributed by atoms with Gasteiger partial charge in [-0.25, -0.2) is 0 Å². The van der Waals surface area contributed by atoms with E-state index in [1.54, 1.807) is 0 Å². The molecule has 1 heterocycles. The number of hydrogen-bond donors (Lipinski definition) is 0. The van der Waals surface area contributed by atoms with E-state index >= 15 is 0 Å². The lowest BCUT2D eigenvalue weighted by Crippen LogP contribution is -2.48. The number of carbonyl (C=O) groups is 1. The summed E-state index contributed by atoms with van der Waals surface area (Å²) < 4.78 is 0. The van der Waals surface area contributed by atoms with Gasteiger partial charge in [-0.15, -0.1) is 0 Å². The SMILES string of the molecule is CN1CCN(C(=O)[C@H](Cc2ccccc2)c2ccccc2)CC1. The summed E-state index contributed by atoms with van der Waals surface area (Å²) in [5.74, 6) is 0.162. The summed E-state index contributed by atoms with van der Waals surface area (Å²) in [5.41, 5.74) is 2.32. The molecule has 1 aliphatic heterocycles. The lowest BCUT2D eigenvalue weighted by Gasteiger charge is -2.35. The predicted molar refractivity (Wildman–Crippen MR) is 93.4 cm³/mol. The van der Waals surface area contributed by atoms with Crippen LogP contribution in [0.25, 0.3) is 0 Å². The number of carbonyl (C=O) groups excluding carboxylic acids is 1. The number of hydrogen-bond acceptors (Lipinski definition) is 2. The average Bonchev–Trinajstić information content (AvgIpc) is 2.61. The van der Waals surface area contributed by atoms with Gasteiger partial charge in [0.15, 0.2) is 0 Å². The molecule has 0 aliphatic carbocycles. The average molecular weight is 308 g/mol. The van der Waals surface area contributed by atoms with Gasteiger partial charge in [0.05, 0.1) is 5.92 Å². The Morgan fingerprint density at radius 3 is 2.09 bits per heavy atom. The number of nitrogens with zero attached hydrogens (tertiary/aromatic N) is 2. The molecule has 1 saturated heterocycles. The fraction of sp³-hybridized carbons (Fsp3) is 0.350. The Labute approximate surface area is 138 Å². The highest BCUT2D eigenvalue weighted by Gasteiger charge is 2.27. The lowest BCUT2D eigenvalue weighted by atomic mass is 9.90. The molecule has 0 radical (unpaired) electrons. The van der Waals surface area contributed by atoms with Crippen LogP contribution in [0.2, 0.25) is 0 Å². The number of benzene rings is 2. The van der Waals surface area contributed by atoms with Crippen molar-refractivity contribution in [3.8, 4) is 0 Å². The van der Waals surface area contributed by atoms with Gasteiger partial charge in [-0.05, 0) is 24.6 Å². The fourth-order valence-electron chi connectivity index (χ4n) is 3.13. The van der Waals surface area contributed by atoms with Gasteiger partial charge in [-0.2, -0.15) is 0 Å². The highest BCUT2D eigenvalue weighted by atomic mass is 16.2. The Kier molecular flexibility index (Phi) is 5.09. The van der Waals surface area contributed by atoms with E-state index < -0.39 is 0 Å². The van der Waals surface area contributed by atoms with Crippen LogP contribution in [0.4, 0.5) is 0 Å². The van der Waals surface area contributed by atoms with Gasteiger partial charge in [0.1, 0.15) is 0 Å². The first-order valence-corrected chi connectivity index (χ1v) is 8.30. The van der Waals surface area contributed by atoms with E-state index in [9.17, 15) is 4.79 Å². The molecule has 0 spiro atoms. The maximum Gasteiger partial charge on any atom is 0.230 e. The zero-order valence-corrected chi connectivity index (χ0v) is 13.7. The van der Waals surface area contributed by atoms with Crippen LogP contribution in [-0.2, 0) is 11.2 Å². The van der Waals surface area contributed by atoms with Gasteiger partial charge < -0.3 is 9.80 Å². The van der Waals surface area contributed by atoms with Crippen LogP contribution in [0.5, 0.6) is 0 Å². The second-order valence-electron chi connectivity index (χ2n) is 6.28. The minimum atomic E-state index is -0.0954. The van der Waals surface area contributed by atoms with E-state index in [0.717, 1.165) is 38.2 Å². The summed E-state index contributed by atoms with van der Waals surface area (Å²) >= 11 is 0. The normalized spacial score (nSPS) is 17.0. The van der Waals surface area contributed by atoms with Crippen molar-refractivity contribution in [1.29, 1.82) is 0 Å². The van der Waals surface area contributed by atoms with E-state index in [2.05, 4.69) is 36.2 Å². The summed E-state index contributed by atoms with van der Waals surface area (Å²) in [6, 6.07) is 20.5. The van der Waals surface area contributed by atoms with Crippen molar-refractivity contribution in [3.05, 3.63) is 71.8 Å². The van der Waals surface area contributed by atoms with Crippen molar-refractivity contribution in [2.24, 2.45) is 0 Å². The summed E-state index contributed by atoms with van der Waals surface area (Å²) in [4.78, 5) is 17.4.